The first-order chi connectivity index (χ1) is 13.2. The van der Waals surface area contributed by atoms with Gasteiger partial charge in [-0.2, -0.15) is 0 Å². The van der Waals surface area contributed by atoms with Gasteiger partial charge in [-0.3, -0.25) is 9.19 Å². The molecular formula is C23H19NO2S. The Hall–Kier alpha value is -2.82. The average Bonchev–Trinajstić information content (AvgIpc) is 2.74. The molecule has 27 heavy (non-hydrogen) atoms. The van der Waals surface area contributed by atoms with Gasteiger partial charge in [0.2, 0.25) is 0 Å². The van der Waals surface area contributed by atoms with Crippen molar-refractivity contribution < 1.29 is 9.32 Å². The van der Waals surface area contributed by atoms with Crippen molar-refractivity contribution >= 4 is 21.6 Å². The smallest absolute Gasteiger partial charge is 0.127 e. The first-order valence-electron chi connectivity index (χ1n) is 8.72. The van der Waals surface area contributed by atoms with E-state index in [0.717, 1.165) is 10.8 Å². The Bertz CT molecular complexity index is 1040. The lowest BCUT2D eigenvalue weighted by Crippen LogP contribution is -2.34. The van der Waals surface area contributed by atoms with Crippen LogP contribution in [0.3, 0.4) is 0 Å². The zero-order valence-electron chi connectivity index (χ0n) is 14.7. The molecule has 0 spiro atoms. The summed E-state index contributed by atoms with van der Waals surface area (Å²) in [4.78, 5) is 4.74. The van der Waals surface area contributed by atoms with Gasteiger partial charge < -0.3 is 5.11 Å². The minimum atomic E-state index is -1.38. The van der Waals surface area contributed by atoms with Gasteiger partial charge in [0.1, 0.15) is 5.60 Å². The zero-order valence-corrected chi connectivity index (χ0v) is 15.5. The summed E-state index contributed by atoms with van der Waals surface area (Å²) < 4.78 is 13.2. The summed E-state index contributed by atoms with van der Waals surface area (Å²) in [5, 5.41) is 13.7. The summed E-state index contributed by atoms with van der Waals surface area (Å²) >= 11 is 0. The molecule has 2 unspecified atom stereocenters. The molecular weight excluding hydrogens is 354 g/mol. The molecule has 0 saturated carbocycles. The Labute approximate surface area is 160 Å². The predicted molar refractivity (Wildman–Crippen MR) is 109 cm³/mol. The first-order valence-corrected chi connectivity index (χ1v) is 10.0. The van der Waals surface area contributed by atoms with Crippen LogP contribution in [0.2, 0.25) is 0 Å². The maximum Gasteiger partial charge on any atom is 0.127 e. The minimum absolute atomic E-state index is 0.0688. The topological polar surface area (TPSA) is 50.2 Å². The van der Waals surface area contributed by atoms with Crippen LogP contribution in [0, 0.1) is 0 Å². The molecule has 0 aliphatic rings. The molecule has 0 aliphatic carbocycles. The van der Waals surface area contributed by atoms with Crippen molar-refractivity contribution in [2.75, 3.05) is 5.75 Å². The molecule has 3 aromatic carbocycles. The highest BCUT2D eigenvalue weighted by Gasteiger charge is 2.34. The third kappa shape index (κ3) is 3.54. The van der Waals surface area contributed by atoms with E-state index in [4.69, 9.17) is 0 Å². The van der Waals surface area contributed by atoms with Crippen LogP contribution in [0.4, 0.5) is 0 Å². The van der Waals surface area contributed by atoms with Gasteiger partial charge in [-0.1, -0.05) is 60.7 Å². The lowest BCUT2D eigenvalue weighted by Gasteiger charge is -2.29. The number of fused-ring (bicyclic) bond motifs is 1. The number of hydrogen-bond acceptors (Lipinski definition) is 3. The van der Waals surface area contributed by atoms with Crippen molar-refractivity contribution in [2.45, 2.75) is 10.5 Å². The maximum atomic E-state index is 13.2. The zero-order chi connectivity index (χ0) is 18.7. The van der Waals surface area contributed by atoms with E-state index < -0.39 is 16.4 Å². The summed E-state index contributed by atoms with van der Waals surface area (Å²) in [5.74, 6) is 0.0688. The van der Waals surface area contributed by atoms with Crippen molar-refractivity contribution in [1.82, 2.24) is 4.98 Å². The third-order valence-corrected chi connectivity index (χ3v) is 6.19. The number of nitrogens with zero attached hydrogens (tertiary/aromatic N) is 1. The second kappa shape index (κ2) is 7.43. The van der Waals surface area contributed by atoms with Gasteiger partial charge in [0.15, 0.2) is 0 Å². The van der Waals surface area contributed by atoms with E-state index in [2.05, 4.69) is 4.98 Å². The highest BCUT2D eigenvalue weighted by molar-refractivity contribution is 7.85. The molecule has 4 aromatic rings. The fourth-order valence-electron chi connectivity index (χ4n) is 3.26. The normalized spacial score (nSPS) is 14.6. The largest absolute Gasteiger partial charge is 0.379 e. The predicted octanol–water partition coefficient (Wildman–Crippen LogP) is 4.28. The van der Waals surface area contributed by atoms with E-state index in [-0.39, 0.29) is 5.75 Å². The van der Waals surface area contributed by atoms with Crippen molar-refractivity contribution in [2.24, 2.45) is 0 Å². The van der Waals surface area contributed by atoms with Crippen LogP contribution < -0.4 is 0 Å². The van der Waals surface area contributed by atoms with Gasteiger partial charge in [0, 0.05) is 17.3 Å². The van der Waals surface area contributed by atoms with E-state index in [0.29, 0.717) is 16.0 Å². The van der Waals surface area contributed by atoms with Crippen LogP contribution in [0.1, 0.15) is 11.1 Å². The van der Waals surface area contributed by atoms with E-state index in [9.17, 15) is 9.32 Å². The SMILES string of the molecule is O=S(CC(O)(c1ccccc1)c1ccncc1)c1ccc2ccccc2c1. The van der Waals surface area contributed by atoms with Gasteiger partial charge in [-0.25, -0.2) is 0 Å². The molecule has 3 nitrogen and oxygen atoms in total. The quantitative estimate of drug-likeness (QED) is 0.568. The van der Waals surface area contributed by atoms with E-state index in [1.807, 2.05) is 72.8 Å². The molecule has 4 rings (SSSR count). The molecule has 0 bridgehead atoms. The van der Waals surface area contributed by atoms with Crippen LogP contribution in [-0.4, -0.2) is 20.1 Å². The Morgan fingerprint density at radius 2 is 1.41 bits per heavy atom. The summed E-state index contributed by atoms with van der Waals surface area (Å²) in [5.41, 5.74) is 0.0314. The lowest BCUT2D eigenvalue weighted by atomic mass is 9.89. The monoisotopic (exact) mass is 373 g/mol. The number of aromatic nitrogens is 1. The number of benzene rings is 3. The molecule has 2 atom stereocenters. The fourth-order valence-corrected chi connectivity index (χ4v) is 4.61. The fraction of sp³-hybridized carbons (Fsp3) is 0.0870. The maximum absolute atomic E-state index is 13.2. The molecule has 0 radical (unpaired) electrons. The van der Waals surface area contributed by atoms with Gasteiger partial charge in [-0.15, -0.1) is 0 Å². The summed E-state index contributed by atoms with van der Waals surface area (Å²) in [6.07, 6.45) is 3.28. The Morgan fingerprint density at radius 1 is 0.778 bits per heavy atom. The third-order valence-electron chi connectivity index (χ3n) is 4.73. The molecule has 0 fully saturated rings. The van der Waals surface area contributed by atoms with E-state index in [1.165, 1.54) is 0 Å². The second-order valence-corrected chi connectivity index (χ2v) is 7.91. The van der Waals surface area contributed by atoms with Crippen molar-refractivity contribution in [3.63, 3.8) is 0 Å². The van der Waals surface area contributed by atoms with Crippen LogP contribution in [-0.2, 0) is 16.4 Å². The number of rotatable bonds is 5. The minimum Gasteiger partial charge on any atom is -0.379 e. The van der Waals surface area contributed by atoms with Crippen LogP contribution in [0.15, 0.2) is 102 Å². The molecule has 1 aromatic heterocycles. The Morgan fingerprint density at radius 3 is 2.15 bits per heavy atom. The number of pyridine rings is 1. The molecule has 134 valence electrons. The van der Waals surface area contributed by atoms with Crippen molar-refractivity contribution in [1.29, 1.82) is 0 Å². The Balaban J connectivity index is 1.74. The molecule has 0 amide bonds. The van der Waals surface area contributed by atoms with Gasteiger partial charge >= 0.3 is 0 Å². The number of aliphatic hydroxyl groups is 1. The van der Waals surface area contributed by atoms with E-state index in [1.54, 1.807) is 24.5 Å². The molecule has 0 saturated heterocycles. The van der Waals surface area contributed by atoms with Crippen LogP contribution in [0.25, 0.3) is 10.8 Å². The van der Waals surface area contributed by atoms with Gasteiger partial charge in [0.05, 0.1) is 16.6 Å². The number of hydrogen-bond donors (Lipinski definition) is 1. The van der Waals surface area contributed by atoms with Crippen LogP contribution >= 0.6 is 0 Å². The van der Waals surface area contributed by atoms with Crippen LogP contribution in [0.5, 0.6) is 0 Å². The van der Waals surface area contributed by atoms with Gasteiger partial charge in [0.25, 0.3) is 0 Å². The summed E-state index contributed by atoms with van der Waals surface area (Å²) in [6.45, 7) is 0. The van der Waals surface area contributed by atoms with Crippen molar-refractivity contribution in [3.8, 4) is 0 Å². The summed E-state index contributed by atoms with van der Waals surface area (Å²) in [7, 11) is -1.38. The molecule has 0 aliphatic heterocycles. The first kappa shape index (κ1) is 17.6. The lowest BCUT2D eigenvalue weighted by molar-refractivity contribution is 0.106. The van der Waals surface area contributed by atoms with Crippen molar-refractivity contribution in [3.05, 3.63) is 108 Å². The molecule has 4 heteroatoms. The standard InChI is InChI=1S/C23H19NO2S/c25-23(20-8-2-1-3-9-20,21-12-14-24-15-13-21)17-27(26)22-11-10-18-6-4-5-7-19(18)16-22/h1-16,25H,17H2. The average molecular weight is 373 g/mol. The highest BCUT2D eigenvalue weighted by atomic mass is 32.2. The van der Waals surface area contributed by atoms with Gasteiger partial charge in [-0.05, 0) is 46.2 Å². The molecule has 1 heterocycles. The molecule has 1 N–H and O–H groups in total. The second-order valence-electron chi connectivity index (χ2n) is 6.46. The van der Waals surface area contributed by atoms with E-state index >= 15 is 0 Å². The highest BCUT2D eigenvalue weighted by Crippen LogP contribution is 2.32. The summed E-state index contributed by atoms with van der Waals surface area (Å²) in [6, 6.07) is 26.7. The Kier molecular flexibility index (Phi) is 4.84.